The molecule has 1 aromatic carbocycles. The number of aryl methyl sites for hydroxylation is 1. The van der Waals surface area contributed by atoms with Crippen molar-refractivity contribution in [3.8, 4) is 0 Å². The predicted octanol–water partition coefficient (Wildman–Crippen LogP) is 4.97. The molecule has 1 aliphatic heterocycles. The first-order valence-electron chi connectivity index (χ1n) is 11.9. The molecule has 0 aromatic heterocycles. The number of hydrogen-bond acceptors (Lipinski definition) is 2. The topological polar surface area (TPSA) is 41.1 Å². The maximum Gasteiger partial charge on any atom is 0.252 e. The average Bonchev–Trinajstić information content (AvgIpc) is 3.34. The molecule has 156 valence electrons. The van der Waals surface area contributed by atoms with Gasteiger partial charge in [-0.1, -0.05) is 17.7 Å². The minimum absolute atomic E-state index is 0.0245. The first kappa shape index (κ1) is 18.7. The zero-order chi connectivity index (χ0) is 19.6. The second-order valence-electron chi connectivity index (χ2n) is 11.1. The van der Waals surface area contributed by atoms with Crippen LogP contribution < -0.4 is 10.6 Å². The summed E-state index contributed by atoms with van der Waals surface area (Å²) in [7, 11) is 0. The van der Waals surface area contributed by atoms with Crippen LogP contribution in [-0.4, -0.2) is 25.0 Å². The number of amides is 1. The minimum Gasteiger partial charge on any atom is -0.351 e. The molecule has 3 nitrogen and oxygen atoms in total. The maximum absolute atomic E-state index is 13.1. The van der Waals surface area contributed by atoms with E-state index in [2.05, 4.69) is 16.7 Å². The van der Waals surface area contributed by atoms with Gasteiger partial charge in [0, 0.05) is 12.6 Å². The summed E-state index contributed by atoms with van der Waals surface area (Å²) < 4.78 is 0. The molecule has 1 aromatic rings. The Balaban J connectivity index is 1.12. The molecule has 4 heteroatoms. The Hall–Kier alpha value is -1.06. The quantitative estimate of drug-likeness (QED) is 0.692. The smallest absolute Gasteiger partial charge is 0.252 e. The summed E-state index contributed by atoms with van der Waals surface area (Å²) in [5, 5.41) is 7.46. The Morgan fingerprint density at radius 3 is 3.00 bits per heavy atom. The van der Waals surface area contributed by atoms with E-state index < -0.39 is 0 Å². The fourth-order valence-electron chi connectivity index (χ4n) is 8.35. The molecule has 5 aliphatic rings. The molecular weight excluding hydrogens is 380 g/mol. The summed E-state index contributed by atoms with van der Waals surface area (Å²) in [5.41, 5.74) is 2.94. The molecule has 4 saturated carbocycles. The lowest BCUT2D eigenvalue weighted by molar-refractivity contribution is -0.00253. The summed E-state index contributed by atoms with van der Waals surface area (Å²) in [6.07, 6.45) is 13.2. The van der Waals surface area contributed by atoms with Gasteiger partial charge in [-0.2, -0.15) is 0 Å². The normalized spacial score (nSPS) is 41.4. The maximum atomic E-state index is 13.1. The number of nitrogens with one attached hydrogen (secondary N) is 2. The number of benzene rings is 1. The van der Waals surface area contributed by atoms with Crippen molar-refractivity contribution < 1.29 is 4.79 Å². The van der Waals surface area contributed by atoms with Crippen LogP contribution >= 0.6 is 11.6 Å². The van der Waals surface area contributed by atoms with E-state index in [-0.39, 0.29) is 5.91 Å². The van der Waals surface area contributed by atoms with Crippen LogP contribution in [0.2, 0.25) is 5.02 Å². The van der Waals surface area contributed by atoms with Crippen molar-refractivity contribution in [1.82, 2.24) is 10.6 Å². The Morgan fingerprint density at radius 1 is 1.21 bits per heavy atom. The van der Waals surface area contributed by atoms with Crippen molar-refractivity contribution in [2.24, 2.45) is 28.6 Å². The first-order valence-corrected chi connectivity index (χ1v) is 12.2. The second-order valence-corrected chi connectivity index (χ2v) is 11.5. The molecule has 1 heterocycles. The van der Waals surface area contributed by atoms with Crippen molar-refractivity contribution in [3.63, 3.8) is 0 Å². The van der Waals surface area contributed by atoms with Crippen molar-refractivity contribution in [3.05, 3.63) is 34.3 Å². The summed E-state index contributed by atoms with van der Waals surface area (Å²) in [4.78, 5) is 13.1. The van der Waals surface area contributed by atoms with E-state index in [9.17, 15) is 4.79 Å². The Morgan fingerprint density at radius 2 is 2.14 bits per heavy atom. The lowest BCUT2D eigenvalue weighted by atomic mass is 9.55. The number of rotatable bonds is 6. The zero-order valence-electron chi connectivity index (χ0n) is 17.3. The third kappa shape index (κ3) is 2.98. The SMILES string of the molecule is O=C(NCC12CC3CC4CC(C1)C4(C3)C2)c1cc(CC[C@H]2CCCN2)ccc1Cl. The van der Waals surface area contributed by atoms with Gasteiger partial charge in [-0.3, -0.25) is 4.79 Å². The van der Waals surface area contributed by atoms with Gasteiger partial charge in [0.05, 0.1) is 10.6 Å². The Kier molecular flexibility index (Phi) is 4.33. The van der Waals surface area contributed by atoms with Gasteiger partial charge in [-0.25, -0.2) is 0 Å². The molecule has 1 amide bonds. The predicted molar refractivity (Wildman–Crippen MR) is 116 cm³/mol. The van der Waals surface area contributed by atoms with E-state index in [0.29, 0.717) is 27.5 Å². The molecule has 1 spiro atoms. The van der Waals surface area contributed by atoms with Gasteiger partial charge < -0.3 is 10.6 Å². The molecule has 0 radical (unpaired) electrons. The Bertz CT molecular complexity index is 830. The van der Waals surface area contributed by atoms with Crippen LogP contribution in [0.3, 0.4) is 0 Å². The fourth-order valence-corrected chi connectivity index (χ4v) is 8.56. The van der Waals surface area contributed by atoms with Crippen molar-refractivity contribution in [2.45, 2.75) is 70.3 Å². The molecule has 29 heavy (non-hydrogen) atoms. The minimum atomic E-state index is 0.0245. The van der Waals surface area contributed by atoms with Crippen LogP contribution in [0, 0.1) is 28.6 Å². The number of carbonyl (C=O) groups excluding carboxylic acids is 1. The van der Waals surface area contributed by atoms with Gasteiger partial charge in [-0.15, -0.1) is 0 Å². The number of halogens is 1. The fraction of sp³-hybridized carbons (Fsp3) is 0.720. The Labute approximate surface area is 179 Å². The van der Waals surface area contributed by atoms with Crippen molar-refractivity contribution >= 4 is 17.5 Å². The number of carbonyl (C=O) groups is 1. The summed E-state index contributed by atoms with van der Waals surface area (Å²) in [5.74, 6) is 2.91. The molecule has 5 fully saturated rings. The number of fused-ring (bicyclic) bond motifs is 2. The van der Waals surface area contributed by atoms with Crippen LogP contribution in [0.15, 0.2) is 18.2 Å². The van der Waals surface area contributed by atoms with Gasteiger partial charge in [0.2, 0.25) is 0 Å². The largest absolute Gasteiger partial charge is 0.351 e. The first-order chi connectivity index (χ1) is 14.1. The highest BCUT2D eigenvalue weighted by molar-refractivity contribution is 6.33. The highest BCUT2D eigenvalue weighted by Crippen LogP contribution is 2.78. The van der Waals surface area contributed by atoms with Crippen LogP contribution in [0.4, 0.5) is 0 Å². The van der Waals surface area contributed by atoms with Gasteiger partial charge in [0.25, 0.3) is 5.91 Å². The van der Waals surface area contributed by atoms with Crippen LogP contribution in [0.25, 0.3) is 0 Å². The summed E-state index contributed by atoms with van der Waals surface area (Å²) in [6.45, 7) is 1.99. The van der Waals surface area contributed by atoms with Crippen molar-refractivity contribution in [2.75, 3.05) is 13.1 Å². The number of hydrogen-bond donors (Lipinski definition) is 2. The van der Waals surface area contributed by atoms with E-state index in [0.717, 1.165) is 43.7 Å². The molecule has 4 aliphatic carbocycles. The van der Waals surface area contributed by atoms with Gasteiger partial charge in [-0.05, 0) is 117 Å². The van der Waals surface area contributed by atoms with Crippen LogP contribution in [-0.2, 0) is 6.42 Å². The molecule has 1 saturated heterocycles. The zero-order valence-corrected chi connectivity index (χ0v) is 18.1. The molecule has 3 bridgehead atoms. The van der Waals surface area contributed by atoms with Crippen molar-refractivity contribution in [1.29, 1.82) is 0 Å². The molecule has 5 unspecified atom stereocenters. The molecule has 2 N–H and O–H groups in total. The third-order valence-electron chi connectivity index (χ3n) is 9.43. The summed E-state index contributed by atoms with van der Waals surface area (Å²) >= 11 is 6.43. The van der Waals surface area contributed by atoms with E-state index in [4.69, 9.17) is 11.6 Å². The van der Waals surface area contributed by atoms with E-state index in [1.807, 2.05) is 12.1 Å². The van der Waals surface area contributed by atoms with Crippen LogP contribution in [0.1, 0.15) is 73.7 Å². The lowest BCUT2D eigenvalue weighted by Crippen LogP contribution is -2.43. The van der Waals surface area contributed by atoms with E-state index in [1.165, 1.54) is 56.9 Å². The monoisotopic (exact) mass is 412 g/mol. The van der Waals surface area contributed by atoms with Gasteiger partial charge in [0.1, 0.15) is 0 Å². The lowest BCUT2D eigenvalue weighted by Gasteiger charge is -2.49. The van der Waals surface area contributed by atoms with E-state index >= 15 is 0 Å². The van der Waals surface area contributed by atoms with E-state index in [1.54, 1.807) is 0 Å². The third-order valence-corrected chi connectivity index (χ3v) is 9.76. The highest BCUT2D eigenvalue weighted by atomic mass is 35.5. The molecule has 6 atom stereocenters. The molecular formula is C25H33ClN2O. The van der Waals surface area contributed by atoms with Gasteiger partial charge >= 0.3 is 0 Å². The molecule has 6 rings (SSSR count). The highest BCUT2D eigenvalue weighted by Gasteiger charge is 2.70. The standard InChI is InChI=1S/C25H33ClN2O/c26-22-6-4-16(3-5-20-2-1-7-27-20)9-21(22)23(29)28-15-24-11-17-8-18-10-19(13-24)25(18,12-17)14-24/h4,6,9,17-20,27H,1-3,5,7-8,10-15H2,(H,28,29)/t17?,18?,19?,20-,24?,25?/m1/s1. The second kappa shape index (κ2) is 6.72. The van der Waals surface area contributed by atoms with Crippen LogP contribution in [0.5, 0.6) is 0 Å². The average molecular weight is 413 g/mol. The van der Waals surface area contributed by atoms with Gasteiger partial charge in [0.15, 0.2) is 0 Å². The summed E-state index contributed by atoms with van der Waals surface area (Å²) in [6, 6.07) is 6.65.